The molecule has 0 N–H and O–H groups in total. The molecule has 0 amide bonds. The van der Waals surface area contributed by atoms with Crippen LogP contribution in [-0.2, 0) is 19.1 Å². The molecule has 0 spiro atoms. The molecule has 116 valence electrons. The quantitative estimate of drug-likeness (QED) is 0.529. The largest absolute Gasteiger partial charge is 0.461 e. The van der Waals surface area contributed by atoms with Crippen LogP contribution in [-0.4, -0.2) is 24.1 Å². The zero-order valence-corrected chi connectivity index (χ0v) is 13.6. The molecular formula is C16H28O4. The first kappa shape index (κ1) is 18.7. The summed E-state index contributed by atoms with van der Waals surface area (Å²) in [6.45, 7) is 11.3. The van der Waals surface area contributed by atoms with E-state index in [4.69, 9.17) is 9.47 Å². The molecule has 0 fully saturated rings. The average molecular weight is 284 g/mol. The summed E-state index contributed by atoms with van der Waals surface area (Å²) < 4.78 is 10.5. The molecule has 0 aliphatic carbocycles. The molecule has 20 heavy (non-hydrogen) atoms. The Morgan fingerprint density at radius 1 is 1.20 bits per heavy atom. The van der Waals surface area contributed by atoms with E-state index in [2.05, 4.69) is 0 Å². The zero-order chi connectivity index (χ0) is 15.8. The van der Waals surface area contributed by atoms with E-state index in [0.717, 1.165) is 12.8 Å². The Balaban J connectivity index is 4.58. The maximum Gasteiger partial charge on any atom is 0.337 e. The van der Waals surface area contributed by atoms with E-state index in [1.807, 2.05) is 41.5 Å². The second-order valence-corrected chi connectivity index (χ2v) is 6.28. The molecule has 0 aliphatic heterocycles. The highest BCUT2D eigenvalue weighted by atomic mass is 16.6. The molecule has 0 aromatic rings. The van der Waals surface area contributed by atoms with Gasteiger partial charge in [0.25, 0.3) is 0 Å². The fraction of sp³-hybridized carbons (Fsp3) is 0.750. The topological polar surface area (TPSA) is 52.6 Å². The van der Waals surface area contributed by atoms with Gasteiger partial charge in [-0.2, -0.15) is 0 Å². The number of ether oxygens (including phenoxy) is 2. The standard InChI is InChI=1S/C16H28O4/c1-7-8-9-13(15(18)20-16(4,5)6)11-19-14(17)10-12(2)3/h9,12H,7-8,10-11H2,1-6H3. The second-order valence-electron chi connectivity index (χ2n) is 6.28. The third-order valence-corrected chi connectivity index (χ3v) is 2.30. The van der Waals surface area contributed by atoms with E-state index in [0.29, 0.717) is 12.0 Å². The lowest BCUT2D eigenvalue weighted by atomic mass is 10.1. The summed E-state index contributed by atoms with van der Waals surface area (Å²) >= 11 is 0. The number of hydrogen-bond acceptors (Lipinski definition) is 4. The molecule has 0 heterocycles. The molecular weight excluding hydrogens is 256 g/mol. The lowest BCUT2D eigenvalue weighted by Gasteiger charge is -2.20. The van der Waals surface area contributed by atoms with E-state index in [1.54, 1.807) is 6.08 Å². The summed E-state index contributed by atoms with van der Waals surface area (Å²) in [4.78, 5) is 23.6. The van der Waals surface area contributed by atoms with Crippen LogP contribution in [0.3, 0.4) is 0 Å². The summed E-state index contributed by atoms with van der Waals surface area (Å²) in [6.07, 6.45) is 3.83. The molecule has 4 heteroatoms. The first-order valence-electron chi connectivity index (χ1n) is 7.23. The van der Waals surface area contributed by atoms with E-state index in [9.17, 15) is 9.59 Å². The van der Waals surface area contributed by atoms with Crippen LogP contribution in [0.2, 0.25) is 0 Å². The lowest BCUT2D eigenvalue weighted by Crippen LogP contribution is -2.26. The van der Waals surface area contributed by atoms with Gasteiger partial charge in [-0.05, 0) is 33.1 Å². The SMILES string of the molecule is CCCC=C(COC(=O)CC(C)C)C(=O)OC(C)(C)C. The highest BCUT2D eigenvalue weighted by molar-refractivity contribution is 5.89. The van der Waals surface area contributed by atoms with Gasteiger partial charge < -0.3 is 9.47 Å². The Kier molecular flexibility index (Phi) is 8.19. The molecule has 0 unspecified atom stereocenters. The van der Waals surface area contributed by atoms with Crippen molar-refractivity contribution in [3.8, 4) is 0 Å². The third kappa shape index (κ3) is 9.59. The number of allylic oxidation sites excluding steroid dienone is 1. The van der Waals surface area contributed by atoms with Gasteiger partial charge in [0.15, 0.2) is 0 Å². The van der Waals surface area contributed by atoms with Crippen LogP contribution >= 0.6 is 0 Å². The van der Waals surface area contributed by atoms with Gasteiger partial charge in [0, 0.05) is 6.42 Å². The highest BCUT2D eigenvalue weighted by Crippen LogP contribution is 2.13. The van der Waals surface area contributed by atoms with Gasteiger partial charge in [-0.15, -0.1) is 0 Å². The zero-order valence-electron chi connectivity index (χ0n) is 13.6. The first-order chi connectivity index (χ1) is 9.15. The highest BCUT2D eigenvalue weighted by Gasteiger charge is 2.20. The van der Waals surface area contributed by atoms with Crippen LogP contribution in [0.5, 0.6) is 0 Å². The number of rotatable bonds is 7. The van der Waals surface area contributed by atoms with E-state index >= 15 is 0 Å². The minimum absolute atomic E-state index is 0.0134. The van der Waals surface area contributed by atoms with Gasteiger partial charge in [0.05, 0.1) is 5.57 Å². The number of hydrogen-bond donors (Lipinski definition) is 0. The normalized spacial score (nSPS) is 12.4. The van der Waals surface area contributed by atoms with Crippen LogP contribution in [0.1, 0.15) is 60.8 Å². The van der Waals surface area contributed by atoms with E-state index in [1.165, 1.54) is 0 Å². The molecule has 0 bridgehead atoms. The van der Waals surface area contributed by atoms with Crippen molar-refractivity contribution in [2.45, 2.75) is 66.4 Å². The van der Waals surface area contributed by atoms with Crippen molar-refractivity contribution in [1.82, 2.24) is 0 Å². The van der Waals surface area contributed by atoms with E-state index < -0.39 is 11.6 Å². The smallest absolute Gasteiger partial charge is 0.337 e. The number of esters is 2. The van der Waals surface area contributed by atoms with Gasteiger partial charge in [0.1, 0.15) is 12.2 Å². The fourth-order valence-corrected chi connectivity index (χ4v) is 1.41. The summed E-state index contributed by atoms with van der Waals surface area (Å²) in [7, 11) is 0. The number of carbonyl (C=O) groups is 2. The molecule has 0 aromatic carbocycles. The van der Waals surface area contributed by atoms with Gasteiger partial charge in [0.2, 0.25) is 0 Å². The molecule has 0 aromatic heterocycles. The van der Waals surface area contributed by atoms with E-state index in [-0.39, 0.29) is 18.5 Å². The Labute approximate surface area is 122 Å². The Hall–Kier alpha value is -1.32. The lowest BCUT2D eigenvalue weighted by molar-refractivity contribution is -0.151. The Morgan fingerprint density at radius 3 is 2.25 bits per heavy atom. The third-order valence-electron chi connectivity index (χ3n) is 2.30. The summed E-state index contributed by atoms with van der Waals surface area (Å²) in [5.41, 5.74) is -0.136. The van der Waals surface area contributed by atoms with Gasteiger partial charge in [-0.1, -0.05) is 33.3 Å². The van der Waals surface area contributed by atoms with Crippen LogP contribution in [0, 0.1) is 5.92 Å². The molecule has 4 nitrogen and oxygen atoms in total. The van der Waals surface area contributed by atoms with Crippen LogP contribution in [0.4, 0.5) is 0 Å². The van der Waals surface area contributed by atoms with Crippen molar-refractivity contribution >= 4 is 11.9 Å². The van der Waals surface area contributed by atoms with Crippen LogP contribution in [0.25, 0.3) is 0 Å². The maximum atomic E-state index is 12.0. The summed E-state index contributed by atoms with van der Waals surface area (Å²) in [5.74, 6) is -0.457. The van der Waals surface area contributed by atoms with Crippen molar-refractivity contribution in [1.29, 1.82) is 0 Å². The molecule has 0 radical (unpaired) electrons. The fourth-order valence-electron chi connectivity index (χ4n) is 1.41. The van der Waals surface area contributed by atoms with Crippen molar-refractivity contribution in [2.75, 3.05) is 6.61 Å². The van der Waals surface area contributed by atoms with Crippen molar-refractivity contribution in [3.05, 3.63) is 11.6 Å². The van der Waals surface area contributed by atoms with Gasteiger partial charge in [-0.25, -0.2) is 4.79 Å². The maximum absolute atomic E-state index is 12.0. The Bertz CT molecular complexity index is 348. The predicted molar refractivity (Wildman–Crippen MR) is 79.3 cm³/mol. The average Bonchev–Trinajstić information content (AvgIpc) is 2.25. The monoisotopic (exact) mass is 284 g/mol. The van der Waals surface area contributed by atoms with Crippen molar-refractivity contribution in [3.63, 3.8) is 0 Å². The molecule has 0 saturated heterocycles. The molecule has 0 atom stereocenters. The second kappa shape index (κ2) is 8.77. The predicted octanol–water partition coefficient (Wildman–Crippen LogP) is 3.64. The van der Waals surface area contributed by atoms with Crippen LogP contribution in [0.15, 0.2) is 11.6 Å². The minimum atomic E-state index is -0.551. The summed E-state index contributed by atoms with van der Waals surface area (Å²) in [6, 6.07) is 0. The van der Waals surface area contributed by atoms with Crippen LogP contribution < -0.4 is 0 Å². The summed E-state index contributed by atoms with van der Waals surface area (Å²) in [5, 5.41) is 0. The number of carbonyl (C=O) groups excluding carboxylic acids is 2. The van der Waals surface area contributed by atoms with Crippen molar-refractivity contribution < 1.29 is 19.1 Å². The van der Waals surface area contributed by atoms with Gasteiger partial charge >= 0.3 is 11.9 Å². The van der Waals surface area contributed by atoms with Gasteiger partial charge in [-0.3, -0.25) is 4.79 Å². The molecule has 0 rings (SSSR count). The minimum Gasteiger partial charge on any atom is -0.461 e. The first-order valence-corrected chi connectivity index (χ1v) is 7.23. The number of unbranched alkanes of at least 4 members (excludes halogenated alkanes) is 1. The molecule has 0 aliphatic rings. The van der Waals surface area contributed by atoms with Crippen molar-refractivity contribution in [2.24, 2.45) is 5.92 Å². The molecule has 0 saturated carbocycles. The Morgan fingerprint density at radius 2 is 1.80 bits per heavy atom.